The summed E-state index contributed by atoms with van der Waals surface area (Å²) in [6.45, 7) is 2.46. The number of methoxy groups -OCH3 is 1. The zero-order valence-electron chi connectivity index (χ0n) is 12.2. The van der Waals surface area contributed by atoms with Crippen LogP contribution in [0.15, 0.2) is 42.5 Å². The van der Waals surface area contributed by atoms with Crippen molar-refractivity contribution in [3.63, 3.8) is 0 Å². The highest BCUT2D eigenvalue weighted by Crippen LogP contribution is 2.33. The predicted octanol–water partition coefficient (Wildman–Crippen LogP) is 3.07. The minimum Gasteiger partial charge on any atom is -0.496 e. The molecule has 0 spiro atoms. The van der Waals surface area contributed by atoms with Gasteiger partial charge in [0.15, 0.2) is 0 Å². The number of hydrogen-bond acceptors (Lipinski definition) is 4. The van der Waals surface area contributed by atoms with E-state index in [2.05, 4.69) is 11.0 Å². The Morgan fingerprint density at radius 1 is 1.24 bits per heavy atom. The summed E-state index contributed by atoms with van der Waals surface area (Å²) in [5.41, 5.74) is 8.89. The molecule has 2 aromatic rings. The highest BCUT2D eigenvalue weighted by Gasteiger charge is 2.17. The number of anilines is 2. The van der Waals surface area contributed by atoms with Crippen molar-refractivity contribution in [2.24, 2.45) is 0 Å². The number of nitrogens with zero attached hydrogens (tertiary/aromatic N) is 1. The molecule has 21 heavy (non-hydrogen) atoms. The maximum atomic E-state index is 5.91. The molecule has 1 aliphatic heterocycles. The molecule has 1 aliphatic rings. The average molecular weight is 284 g/mol. The summed E-state index contributed by atoms with van der Waals surface area (Å²) in [4.78, 5) is 2.32. The van der Waals surface area contributed by atoms with Crippen molar-refractivity contribution >= 4 is 11.4 Å². The molecule has 0 bridgehead atoms. The third-order valence-electron chi connectivity index (χ3n) is 3.70. The van der Waals surface area contributed by atoms with Crippen LogP contribution in [-0.4, -0.2) is 20.3 Å². The summed E-state index contributed by atoms with van der Waals surface area (Å²) in [5, 5.41) is 0. The van der Waals surface area contributed by atoms with Crippen molar-refractivity contribution in [2.75, 3.05) is 30.9 Å². The van der Waals surface area contributed by atoms with Gasteiger partial charge in [0.1, 0.15) is 11.5 Å². The topological polar surface area (TPSA) is 47.7 Å². The maximum Gasteiger partial charge on any atom is 0.142 e. The fourth-order valence-corrected chi connectivity index (χ4v) is 2.69. The molecule has 1 heterocycles. The van der Waals surface area contributed by atoms with Gasteiger partial charge in [-0.25, -0.2) is 0 Å². The molecule has 4 nitrogen and oxygen atoms in total. The van der Waals surface area contributed by atoms with E-state index in [-0.39, 0.29) is 0 Å². The van der Waals surface area contributed by atoms with Crippen molar-refractivity contribution in [3.8, 4) is 11.5 Å². The van der Waals surface area contributed by atoms with E-state index >= 15 is 0 Å². The van der Waals surface area contributed by atoms with Crippen LogP contribution in [0.5, 0.6) is 11.5 Å². The molecule has 0 fully saturated rings. The Hall–Kier alpha value is -2.36. The third-order valence-corrected chi connectivity index (χ3v) is 3.70. The highest BCUT2D eigenvalue weighted by atomic mass is 16.5. The monoisotopic (exact) mass is 284 g/mol. The van der Waals surface area contributed by atoms with Crippen LogP contribution in [0, 0.1) is 0 Å². The van der Waals surface area contributed by atoms with Gasteiger partial charge in [0.05, 0.1) is 19.4 Å². The van der Waals surface area contributed by atoms with E-state index in [0.717, 1.165) is 54.6 Å². The Labute approximate surface area is 125 Å². The standard InChI is InChI=1S/C17H20N2O2/c1-20-16-8-7-14(18)11-13(16)12-19-9-4-10-21-17-6-3-2-5-15(17)19/h2-3,5-8,11H,4,9-10,12,18H2,1H3. The van der Waals surface area contributed by atoms with Gasteiger partial charge in [0.25, 0.3) is 0 Å². The normalized spacial score (nSPS) is 14.0. The summed E-state index contributed by atoms with van der Waals surface area (Å²) in [7, 11) is 1.69. The summed E-state index contributed by atoms with van der Waals surface area (Å²) >= 11 is 0. The van der Waals surface area contributed by atoms with Gasteiger partial charge >= 0.3 is 0 Å². The predicted molar refractivity (Wildman–Crippen MR) is 85.0 cm³/mol. The van der Waals surface area contributed by atoms with E-state index in [0.29, 0.717) is 0 Å². The molecule has 2 aromatic carbocycles. The second-order valence-corrected chi connectivity index (χ2v) is 5.16. The first kappa shape index (κ1) is 13.6. The maximum absolute atomic E-state index is 5.91. The summed E-state index contributed by atoms with van der Waals surface area (Å²) in [6.07, 6.45) is 0.999. The number of rotatable bonds is 3. The van der Waals surface area contributed by atoms with E-state index in [4.69, 9.17) is 15.2 Å². The molecule has 0 saturated carbocycles. The van der Waals surface area contributed by atoms with E-state index in [1.54, 1.807) is 7.11 Å². The molecule has 0 saturated heterocycles. The van der Waals surface area contributed by atoms with E-state index in [9.17, 15) is 0 Å². The van der Waals surface area contributed by atoms with Crippen LogP contribution in [0.25, 0.3) is 0 Å². The number of nitrogens with two attached hydrogens (primary N) is 1. The fourth-order valence-electron chi connectivity index (χ4n) is 2.69. The first-order valence-corrected chi connectivity index (χ1v) is 7.17. The van der Waals surface area contributed by atoms with Gasteiger partial charge in [-0.2, -0.15) is 0 Å². The van der Waals surface area contributed by atoms with Crippen molar-refractivity contribution < 1.29 is 9.47 Å². The zero-order chi connectivity index (χ0) is 14.7. The molecule has 0 radical (unpaired) electrons. The Morgan fingerprint density at radius 3 is 2.95 bits per heavy atom. The molecule has 0 aromatic heterocycles. The highest BCUT2D eigenvalue weighted by molar-refractivity contribution is 5.60. The number of hydrogen-bond donors (Lipinski definition) is 1. The van der Waals surface area contributed by atoms with Gasteiger partial charge in [-0.15, -0.1) is 0 Å². The molecular formula is C17H20N2O2. The first-order valence-electron chi connectivity index (χ1n) is 7.17. The molecule has 0 amide bonds. The van der Waals surface area contributed by atoms with Crippen molar-refractivity contribution in [1.82, 2.24) is 0 Å². The quantitative estimate of drug-likeness (QED) is 0.880. The molecule has 110 valence electrons. The van der Waals surface area contributed by atoms with E-state index < -0.39 is 0 Å². The summed E-state index contributed by atoms with van der Waals surface area (Å²) in [5.74, 6) is 1.81. The summed E-state index contributed by atoms with van der Waals surface area (Å²) < 4.78 is 11.2. The fraction of sp³-hybridized carbons (Fsp3) is 0.294. The Kier molecular flexibility index (Phi) is 3.86. The van der Waals surface area contributed by atoms with Gasteiger partial charge in [-0.3, -0.25) is 0 Å². The largest absolute Gasteiger partial charge is 0.496 e. The molecule has 0 aliphatic carbocycles. The minimum atomic E-state index is 0.752. The third kappa shape index (κ3) is 2.89. The van der Waals surface area contributed by atoms with Gasteiger partial charge < -0.3 is 20.1 Å². The lowest BCUT2D eigenvalue weighted by Gasteiger charge is -2.24. The number of para-hydroxylation sites is 2. The van der Waals surface area contributed by atoms with Crippen LogP contribution in [-0.2, 0) is 6.54 Å². The Morgan fingerprint density at radius 2 is 2.10 bits per heavy atom. The number of fused-ring (bicyclic) bond motifs is 1. The van der Waals surface area contributed by atoms with Crippen molar-refractivity contribution in [2.45, 2.75) is 13.0 Å². The smallest absolute Gasteiger partial charge is 0.142 e. The lowest BCUT2D eigenvalue weighted by atomic mass is 10.1. The number of nitrogen functional groups attached to an aromatic ring is 1. The van der Waals surface area contributed by atoms with Crippen LogP contribution in [0.2, 0.25) is 0 Å². The van der Waals surface area contributed by atoms with E-state index in [1.807, 2.05) is 36.4 Å². The second-order valence-electron chi connectivity index (χ2n) is 5.16. The zero-order valence-corrected chi connectivity index (χ0v) is 12.2. The van der Waals surface area contributed by atoms with Crippen molar-refractivity contribution in [3.05, 3.63) is 48.0 Å². The Balaban J connectivity index is 1.93. The van der Waals surface area contributed by atoms with Gasteiger partial charge in [-0.05, 0) is 36.8 Å². The van der Waals surface area contributed by atoms with Crippen molar-refractivity contribution in [1.29, 1.82) is 0 Å². The van der Waals surface area contributed by atoms with Crippen LogP contribution in [0.3, 0.4) is 0 Å². The van der Waals surface area contributed by atoms with E-state index in [1.165, 1.54) is 0 Å². The average Bonchev–Trinajstić information content (AvgIpc) is 2.70. The lowest BCUT2D eigenvalue weighted by molar-refractivity contribution is 0.322. The van der Waals surface area contributed by atoms with Gasteiger partial charge in [0.2, 0.25) is 0 Å². The molecule has 4 heteroatoms. The SMILES string of the molecule is COc1ccc(N)cc1CN1CCCOc2ccccc21. The molecular weight excluding hydrogens is 264 g/mol. The van der Waals surface area contributed by atoms with Crippen LogP contribution < -0.4 is 20.1 Å². The Bertz CT molecular complexity index is 628. The molecule has 2 N–H and O–H groups in total. The first-order chi connectivity index (χ1) is 10.3. The summed E-state index contributed by atoms with van der Waals surface area (Å²) in [6, 6.07) is 13.9. The van der Waals surface area contributed by atoms with Crippen LogP contribution in [0.4, 0.5) is 11.4 Å². The number of ether oxygens (including phenoxy) is 2. The van der Waals surface area contributed by atoms with Crippen LogP contribution >= 0.6 is 0 Å². The molecule has 0 unspecified atom stereocenters. The second kappa shape index (κ2) is 5.95. The lowest BCUT2D eigenvalue weighted by Crippen LogP contribution is -2.23. The minimum absolute atomic E-state index is 0.752. The molecule has 0 atom stereocenters. The molecule has 3 rings (SSSR count). The van der Waals surface area contributed by atoms with Gasteiger partial charge in [0, 0.05) is 24.3 Å². The number of benzene rings is 2. The van der Waals surface area contributed by atoms with Crippen LogP contribution in [0.1, 0.15) is 12.0 Å². The van der Waals surface area contributed by atoms with Gasteiger partial charge in [-0.1, -0.05) is 12.1 Å².